The number of carbonyl (C=O) groups excluding carboxylic acids is 2. The van der Waals surface area contributed by atoms with E-state index in [1.54, 1.807) is 6.07 Å². The van der Waals surface area contributed by atoms with E-state index in [2.05, 4.69) is 25.8 Å². The van der Waals surface area contributed by atoms with Crippen LogP contribution in [0.2, 0.25) is 0 Å². The number of rotatable bonds is 5. The number of amides is 2. The van der Waals surface area contributed by atoms with Crippen LogP contribution in [-0.2, 0) is 20.5 Å². The Hall–Kier alpha value is -4.57. The van der Waals surface area contributed by atoms with Crippen LogP contribution in [0, 0.1) is 0 Å². The summed E-state index contributed by atoms with van der Waals surface area (Å²) in [5, 5.41) is 28.3. The lowest BCUT2D eigenvalue weighted by atomic mass is 9.95. The molecule has 5 rings (SSSR count). The predicted octanol–water partition coefficient (Wildman–Crippen LogP) is 1.53. The minimum Gasteiger partial charge on any atom is -0.380 e. The van der Waals surface area contributed by atoms with Crippen LogP contribution in [-0.4, -0.2) is 66.9 Å². The summed E-state index contributed by atoms with van der Waals surface area (Å²) >= 11 is 0. The first-order chi connectivity index (χ1) is 17.9. The summed E-state index contributed by atoms with van der Waals surface area (Å²) < 4.78 is 50.6. The van der Waals surface area contributed by atoms with E-state index in [0.29, 0.717) is 11.0 Å². The van der Waals surface area contributed by atoms with Gasteiger partial charge in [0.05, 0.1) is 30.4 Å². The summed E-state index contributed by atoms with van der Waals surface area (Å²) in [6.45, 7) is 1.10. The molecule has 0 saturated carbocycles. The van der Waals surface area contributed by atoms with Crippen molar-refractivity contribution in [2.75, 3.05) is 29.1 Å². The highest BCUT2D eigenvalue weighted by Gasteiger charge is 2.49. The number of ether oxygens (including phenoxy) is 1. The molecule has 2 atom stereocenters. The van der Waals surface area contributed by atoms with Crippen molar-refractivity contribution in [3.05, 3.63) is 48.4 Å². The number of alkyl halides is 3. The molecule has 13 nitrogen and oxygen atoms in total. The van der Waals surface area contributed by atoms with Crippen molar-refractivity contribution in [3.8, 4) is 5.69 Å². The lowest BCUT2D eigenvalue weighted by molar-refractivity contribution is -0.165. The number of hydrogen-bond acceptors (Lipinski definition) is 10. The molecule has 0 bridgehead atoms. The van der Waals surface area contributed by atoms with Gasteiger partial charge in [0, 0.05) is 24.0 Å². The van der Waals surface area contributed by atoms with Crippen molar-refractivity contribution in [2.24, 2.45) is 0 Å². The second-order valence-corrected chi connectivity index (χ2v) is 8.54. The number of carbonyl (C=O) groups is 2. The van der Waals surface area contributed by atoms with Crippen LogP contribution in [0.3, 0.4) is 0 Å². The van der Waals surface area contributed by atoms with Crippen molar-refractivity contribution < 1.29 is 37.1 Å². The molecule has 4 heterocycles. The first-order valence-electron chi connectivity index (χ1n) is 11.0. The molecule has 38 heavy (non-hydrogen) atoms. The van der Waals surface area contributed by atoms with Crippen molar-refractivity contribution in [1.82, 2.24) is 25.1 Å². The highest BCUT2D eigenvalue weighted by molar-refractivity contribution is 6.06. The van der Waals surface area contributed by atoms with Crippen LogP contribution >= 0.6 is 0 Å². The van der Waals surface area contributed by atoms with Crippen LogP contribution < -0.4 is 16.0 Å². The van der Waals surface area contributed by atoms with E-state index in [4.69, 9.17) is 15.0 Å². The number of nitrogens with zero attached hydrogens (tertiary/aromatic N) is 6. The summed E-state index contributed by atoms with van der Waals surface area (Å²) in [6, 6.07) is 6.69. The third kappa shape index (κ3) is 4.50. The largest absolute Gasteiger partial charge is 0.435 e. The second kappa shape index (κ2) is 9.07. The highest BCUT2D eigenvalue weighted by Crippen LogP contribution is 2.29. The first kappa shape index (κ1) is 25.1. The topological polar surface area (TPSA) is 175 Å². The smallest absolute Gasteiger partial charge is 0.380 e. The fourth-order valence-electron chi connectivity index (χ4n) is 3.85. The molecule has 2 amide bonds. The third-order valence-corrected chi connectivity index (χ3v) is 5.86. The minimum atomic E-state index is -4.70. The Labute approximate surface area is 210 Å². The van der Waals surface area contributed by atoms with E-state index >= 15 is 0 Å². The molecular weight excluding hydrogens is 513 g/mol. The Balaban J connectivity index is 1.34. The van der Waals surface area contributed by atoms with Gasteiger partial charge in [0.1, 0.15) is 0 Å². The zero-order valence-electron chi connectivity index (χ0n) is 19.5. The Morgan fingerprint density at radius 2 is 2.05 bits per heavy atom. The molecule has 0 spiro atoms. The first-order valence-corrected chi connectivity index (χ1v) is 11.0. The van der Waals surface area contributed by atoms with E-state index in [-0.39, 0.29) is 36.2 Å². The number of nitrogens with two attached hydrogens (primary N) is 1. The van der Waals surface area contributed by atoms with Crippen molar-refractivity contribution in [3.63, 3.8) is 0 Å². The zero-order valence-corrected chi connectivity index (χ0v) is 19.5. The van der Waals surface area contributed by atoms with Gasteiger partial charge in [-0.05, 0) is 25.1 Å². The number of benzene rings is 1. The molecule has 1 aromatic carbocycles. The van der Waals surface area contributed by atoms with Gasteiger partial charge in [0.2, 0.25) is 0 Å². The molecule has 1 saturated heterocycles. The normalized spacial score (nSPS) is 18.0. The fraction of sp³-hybridized carbons (Fsp3) is 0.273. The van der Waals surface area contributed by atoms with E-state index in [1.165, 1.54) is 24.4 Å². The standard InChI is InChI=1S/C22H19F3N8O5/c1-21(36,20(35)28-11-2-3-13-14(8-11)38-31-18(13)26)17-19(34)32(6-7-37-17)16-4-5-33(30-16)12-9-15(22(23,24)25)29-27-10-12/h2-5,8-10,17,36H,6-7H2,1H3,(H2,26,31)(H,28,35)/t17-,21?/m0/s1. The third-order valence-electron chi connectivity index (χ3n) is 5.86. The fourth-order valence-corrected chi connectivity index (χ4v) is 3.85. The maximum Gasteiger partial charge on any atom is 0.435 e. The molecule has 4 N–H and O–H groups in total. The van der Waals surface area contributed by atoms with Gasteiger partial charge in [-0.15, -0.1) is 10.2 Å². The number of aliphatic hydroxyl groups is 1. The van der Waals surface area contributed by atoms with Gasteiger partial charge in [0.15, 0.2) is 34.6 Å². The maximum atomic E-state index is 13.2. The van der Waals surface area contributed by atoms with Crippen LogP contribution in [0.15, 0.2) is 47.2 Å². The Morgan fingerprint density at radius 1 is 1.26 bits per heavy atom. The van der Waals surface area contributed by atoms with Crippen LogP contribution in [0.5, 0.6) is 0 Å². The summed E-state index contributed by atoms with van der Waals surface area (Å²) in [4.78, 5) is 27.4. The van der Waals surface area contributed by atoms with E-state index in [1.807, 2.05) is 0 Å². The SMILES string of the molecule is CC(O)(C(=O)Nc1ccc2c(N)noc2c1)[C@H]1OCCN(c2ccn(-c3cnnc(C(F)(F)F)c3)n2)C1=O. The number of anilines is 3. The molecule has 198 valence electrons. The van der Waals surface area contributed by atoms with Gasteiger partial charge < -0.3 is 25.4 Å². The average Bonchev–Trinajstić information content (AvgIpc) is 3.51. The quantitative estimate of drug-likeness (QED) is 0.342. The molecule has 1 fully saturated rings. The van der Waals surface area contributed by atoms with Crippen molar-refractivity contribution in [1.29, 1.82) is 0 Å². The summed E-state index contributed by atoms with van der Waals surface area (Å²) in [5.41, 5.74) is 2.68. The van der Waals surface area contributed by atoms with Gasteiger partial charge in [-0.1, -0.05) is 5.16 Å². The number of halogens is 3. The lowest BCUT2D eigenvalue weighted by Crippen LogP contribution is -2.61. The van der Waals surface area contributed by atoms with Crippen molar-refractivity contribution in [2.45, 2.75) is 24.8 Å². The maximum absolute atomic E-state index is 13.2. The van der Waals surface area contributed by atoms with Gasteiger partial charge >= 0.3 is 6.18 Å². The number of nitrogens with one attached hydrogen (secondary N) is 1. The molecule has 0 aliphatic carbocycles. The molecule has 0 radical (unpaired) electrons. The number of hydrogen-bond donors (Lipinski definition) is 3. The van der Waals surface area contributed by atoms with E-state index in [0.717, 1.165) is 28.8 Å². The number of fused-ring (bicyclic) bond motifs is 1. The number of aromatic nitrogens is 5. The minimum absolute atomic E-state index is 0.0238. The summed E-state index contributed by atoms with van der Waals surface area (Å²) in [5.74, 6) is -1.46. The molecular formula is C22H19F3N8O5. The predicted molar refractivity (Wildman–Crippen MR) is 124 cm³/mol. The molecule has 1 aliphatic rings. The molecule has 1 aliphatic heterocycles. The number of morpholine rings is 1. The monoisotopic (exact) mass is 532 g/mol. The van der Waals surface area contributed by atoms with Crippen LogP contribution in [0.25, 0.3) is 16.7 Å². The summed E-state index contributed by atoms with van der Waals surface area (Å²) in [6.07, 6.45) is -3.89. The lowest BCUT2D eigenvalue weighted by Gasteiger charge is -2.37. The van der Waals surface area contributed by atoms with E-state index in [9.17, 15) is 27.9 Å². The van der Waals surface area contributed by atoms with E-state index < -0.39 is 35.4 Å². The van der Waals surface area contributed by atoms with Gasteiger partial charge in [0.25, 0.3) is 11.8 Å². The van der Waals surface area contributed by atoms with Gasteiger partial charge in [-0.2, -0.15) is 18.3 Å². The number of nitrogen functional groups attached to an aromatic ring is 1. The second-order valence-electron chi connectivity index (χ2n) is 8.54. The molecule has 3 aromatic heterocycles. The van der Waals surface area contributed by atoms with Crippen LogP contribution in [0.1, 0.15) is 12.6 Å². The molecule has 1 unspecified atom stereocenters. The van der Waals surface area contributed by atoms with Gasteiger partial charge in [-0.3, -0.25) is 14.5 Å². The zero-order chi connectivity index (χ0) is 27.2. The Morgan fingerprint density at radius 3 is 2.82 bits per heavy atom. The van der Waals surface area contributed by atoms with Crippen molar-refractivity contribution >= 4 is 40.1 Å². The Bertz CT molecular complexity index is 1530. The Kier molecular flexibility index (Phi) is 5.99. The van der Waals surface area contributed by atoms with Gasteiger partial charge in [-0.25, -0.2) is 4.68 Å². The van der Waals surface area contributed by atoms with Crippen LogP contribution in [0.4, 0.5) is 30.5 Å². The molecule has 4 aromatic rings. The summed E-state index contributed by atoms with van der Waals surface area (Å²) in [7, 11) is 0. The average molecular weight is 532 g/mol. The highest BCUT2D eigenvalue weighted by atomic mass is 19.4. The molecule has 16 heteroatoms.